The Morgan fingerprint density at radius 3 is 1.76 bits per heavy atom. The molecule has 1 aliphatic rings. The molecule has 1 aliphatic heterocycles. The van der Waals surface area contributed by atoms with E-state index in [2.05, 4.69) is 26.0 Å². The van der Waals surface area contributed by atoms with E-state index in [-0.39, 0.29) is 18.1 Å². The normalized spacial score (nSPS) is 27.4. The van der Waals surface area contributed by atoms with E-state index in [1.165, 1.54) is 0 Å². The van der Waals surface area contributed by atoms with Gasteiger partial charge in [0.1, 0.15) is 6.10 Å². The highest BCUT2D eigenvalue weighted by molar-refractivity contribution is 5.19. The van der Waals surface area contributed by atoms with Crippen molar-refractivity contribution in [3.63, 3.8) is 0 Å². The molecule has 1 N–H and O–H groups in total. The maximum Gasteiger partial charge on any atom is 0.199 e. The van der Waals surface area contributed by atoms with Crippen LogP contribution in [-0.4, -0.2) is 29.2 Å². The molecule has 1 heterocycles. The van der Waals surface area contributed by atoms with E-state index >= 15 is 0 Å². The first kappa shape index (κ1) is 23.7. The average molecular weight is 447 g/mol. The van der Waals surface area contributed by atoms with E-state index in [1.807, 2.05) is 78.9 Å². The second-order valence-electron chi connectivity index (χ2n) is 8.91. The van der Waals surface area contributed by atoms with Gasteiger partial charge in [-0.15, -0.1) is 0 Å². The van der Waals surface area contributed by atoms with Crippen LogP contribution in [0.15, 0.2) is 91.0 Å². The number of benzene rings is 3. The average Bonchev–Trinajstić information content (AvgIpc) is 2.85. The lowest BCUT2D eigenvalue weighted by molar-refractivity contribution is -0.351. The molecule has 1 unspecified atom stereocenters. The number of aliphatic hydroxyl groups is 1. The van der Waals surface area contributed by atoms with Crippen molar-refractivity contribution in [3.05, 3.63) is 108 Å². The van der Waals surface area contributed by atoms with E-state index in [1.54, 1.807) is 0 Å². The fraction of sp³-hybridized carbons (Fsp3) is 0.379. The van der Waals surface area contributed by atoms with Crippen LogP contribution in [0.3, 0.4) is 0 Å². The molecule has 5 atom stereocenters. The van der Waals surface area contributed by atoms with Crippen LogP contribution in [0.1, 0.15) is 37.0 Å². The summed E-state index contributed by atoms with van der Waals surface area (Å²) in [4.78, 5) is 0. The maximum atomic E-state index is 11.9. The fourth-order valence-electron chi connectivity index (χ4n) is 4.66. The van der Waals surface area contributed by atoms with Gasteiger partial charge in [0.15, 0.2) is 5.79 Å². The summed E-state index contributed by atoms with van der Waals surface area (Å²) in [5.74, 6) is -1.43. The fourth-order valence-corrected chi connectivity index (χ4v) is 4.66. The summed E-state index contributed by atoms with van der Waals surface area (Å²) in [6.45, 7) is 5.05. The Labute approximate surface area is 197 Å². The molecule has 0 aliphatic carbocycles. The van der Waals surface area contributed by atoms with Crippen molar-refractivity contribution in [1.29, 1.82) is 0 Å². The molecule has 0 radical (unpaired) electrons. The van der Waals surface area contributed by atoms with E-state index in [0.29, 0.717) is 19.6 Å². The quantitative estimate of drug-likeness (QED) is 0.469. The van der Waals surface area contributed by atoms with Crippen molar-refractivity contribution in [3.8, 4) is 0 Å². The molecule has 4 nitrogen and oxygen atoms in total. The third-order valence-electron chi connectivity index (χ3n) is 6.46. The minimum Gasteiger partial charge on any atom is -0.370 e. The summed E-state index contributed by atoms with van der Waals surface area (Å²) in [6, 6.07) is 30.1. The van der Waals surface area contributed by atoms with E-state index in [9.17, 15) is 5.11 Å². The lowest BCUT2D eigenvalue weighted by Crippen LogP contribution is -2.63. The number of hydrogen-bond acceptors (Lipinski definition) is 4. The van der Waals surface area contributed by atoms with Crippen LogP contribution < -0.4 is 0 Å². The van der Waals surface area contributed by atoms with Crippen LogP contribution >= 0.6 is 0 Å². The molecule has 1 fully saturated rings. The third kappa shape index (κ3) is 5.90. The Morgan fingerprint density at radius 2 is 1.24 bits per heavy atom. The van der Waals surface area contributed by atoms with Gasteiger partial charge in [0, 0.05) is 12.3 Å². The first-order chi connectivity index (χ1) is 16.1. The van der Waals surface area contributed by atoms with Crippen molar-refractivity contribution in [2.24, 2.45) is 5.92 Å². The Hall–Kier alpha value is -2.50. The smallest absolute Gasteiger partial charge is 0.199 e. The van der Waals surface area contributed by atoms with Crippen LogP contribution in [-0.2, 0) is 33.8 Å². The number of hydrogen-bond donors (Lipinski definition) is 1. The van der Waals surface area contributed by atoms with Crippen LogP contribution in [0.5, 0.6) is 0 Å². The second-order valence-corrected chi connectivity index (χ2v) is 8.91. The molecule has 3 aromatic rings. The van der Waals surface area contributed by atoms with Crippen molar-refractivity contribution >= 4 is 0 Å². The van der Waals surface area contributed by atoms with E-state index in [4.69, 9.17) is 14.2 Å². The van der Waals surface area contributed by atoms with Crippen molar-refractivity contribution < 1.29 is 19.3 Å². The molecule has 0 bridgehead atoms. The number of ether oxygens (including phenoxy) is 3. The van der Waals surface area contributed by atoms with Crippen molar-refractivity contribution in [2.75, 3.05) is 0 Å². The van der Waals surface area contributed by atoms with Gasteiger partial charge in [-0.25, -0.2) is 0 Å². The molecule has 4 heteroatoms. The molecule has 0 spiro atoms. The molecule has 0 amide bonds. The largest absolute Gasteiger partial charge is 0.370 e. The molecular weight excluding hydrogens is 412 g/mol. The molecule has 0 aromatic heterocycles. The summed E-state index contributed by atoms with van der Waals surface area (Å²) in [5, 5.41) is 11.9. The molecule has 33 heavy (non-hydrogen) atoms. The van der Waals surface area contributed by atoms with Gasteiger partial charge in [-0.3, -0.25) is 0 Å². The summed E-state index contributed by atoms with van der Waals surface area (Å²) < 4.78 is 19.3. The van der Waals surface area contributed by atoms with Crippen molar-refractivity contribution in [2.45, 2.75) is 64.0 Å². The monoisotopic (exact) mass is 446 g/mol. The molecular formula is C29H34O4. The van der Waals surface area contributed by atoms with Crippen LogP contribution in [0.4, 0.5) is 0 Å². The first-order valence-corrected chi connectivity index (χ1v) is 11.8. The Balaban J connectivity index is 1.62. The van der Waals surface area contributed by atoms with Gasteiger partial charge in [0.05, 0.1) is 25.4 Å². The zero-order chi connectivity index (χ0) is 23.1. The lowest BCUT2D eigenvalue weighted by Gasteiger charge is -2.50. The first-order valence-electron chi connectivity index (χ1n) is 11.8. The van der Waals surface area contributed by atoms with Gasteiger partial charge >= 0.3 is 0 Å². The highest BCUT2D eigenvalue weighted by Crippen LogP contribution is 2.39. The summed E-state index contributed by atoms with van der Waals surface area (Å²) >= 11 is 0. The lowest BCUT2D eigenvalue weighted by atomic mass is 9.82. The van der Waals surface area contributed by atoms with Gasteiger partial charge in [-0.05, 0) is 23.1 Å². The third-order valence-corrected chi connectivity index (χ3v) is 6.46. The molecule has 0 saturated carbocycles. The summed E-state index contributed by atoms with van der Waals surface area (Å²) in [5.41, 5.74) is 3.14. The van der Waals surface area contributed by atoms with Crippen LogP contribution in [0.25, 0.3) is 0 Å². The summed E-state index contributed by atoms with van der Waals surface area (Å²) in [6.07, 6.45) is 0.0353. The van der Waals surface area contributed by atoms with E-state index < -0.39 is 11.9 Å². The molecule has 174 valence electrons. The van der Waals surface area contributed by atoms with Gasteiger partial charge in [0.25, 0.3) is 0 Å². The van der Waals surface area contributed by atoms with Gasteiger partial charge in [-0.1, -0.05) is 105 Å². The number of rotatable bonds is 9. The zero-order valence-electron chi connectivity index (χ0n) is 19.5. The molecule has 3 aromatic carbocycles. The van der Waals surface area contributed by atoms with E-state index in [0.717, 1.165) is 23.1 Å². The van der Waals surface area contributed by atoms with Crippen LogP contribution in [0, 0.1) is 5.92 Å². The van der Waals surface area contributed by atoms with Gasteiger partial charge < -0.3 is 19.3 Å². The van der Waals surface area contributed by atoms with Gasteiger partial charge in [-0.2, -0.15) is 0 Å². The summed E-state index contributed by atoms with van der Waals surface area (Å²) in [7, 11) is 0. The topological polar surface area (TPSA) is 47.9 Å². The van der Waals surface area contributed by atoms with Gasteiger partial charge in [0.2, 0.25) is 0 Å². The molecule has 4 rings (SSSR count). The minimum absolute atomic E-state index is 0.0653. The predicted molar refractivity (Wildman–Crippen MR) is 129 cm³/mol. The Bertz CT molecular complexity index is 963. The molecule has 1 saturated heterocycles. The predicted octanol–water partition coefficient (Wildman–Crippen LogP) is 5.53. The maximum absolute atomic E-state index is 11.9. The minimum atomic E-state index is -1.50. The Kier molecular flexibility index (Phi) is 7.94. The standard InChI is InChI=1S/C29H34O4/c1-3-26-22(2)27(31-20-24-15-9-5-10-16-24)28(32-21-25-17-11-6-12-18-25)29(30,33-26)19-23-13-7-4-8-14-23/h4-18,22,26-28,30H,3,19-21H2,1-2H3/t22?,26-,27+,28-,29+/m1/s1. The second kappa shape index (κ2) is 11.1. The van der Waals surface area contributed by atoms with Crippen LogP contribution in [0.2, 0.25) is 0 Å². The highest BCUT2D eigenvalue weighted by Gasteiger charge is 2.53. The van der Waals surface area contributed by atoms with Crippen molar-refractivity contribution in [1.82, 2.24) is 0 Å². The SMILES string of the molecule is CC[C@H]1O[C@@](O)(Cc2ccccc2)[C@H](OCc2ccccc2)[C@@H](OCc2ccccc2)C1C. The highest BCUT2D eigenvalue weighted by atomic mass is 16.7. The zero-order valence-corrected chi connectivity index (χ0v) is 19.5. The Morgan fingerprint density at radius 1 is 0.758 bits per heavy atom.